The molecule has 1 fully saturated rings. The lowest BCUT2D eigenvalue weighted by Crippen LogP contribution is -2.15. The topological polar surface area (TPSA) is 80.9 Å². The normalized spacial score (nSPS) is 23.2. The Balaban J connectivity index is 2.01. The Morgan fingerprint density at radius 1 is 1.56 bits per heavy atom. The zero-order valence-corrected chi connectivity index (χ0v) is 9.47. The van der Waals surface area contributed by atoms with E-state index in [9.17, 15) is 4.79 Å². The average Bonchev–Trinajstić information content (AvgIpc) is 2.97. The van der Waals surface area contributed by atoms with E-state index in [0.29, 0.717) is 23.7 Å². The summed E-state index contributed by atoms with van der Waals surface area (Å²) in [6.07, 6.45) is 2.52. The van der Waals surface area contributed by atoms with Gasteiger partial charge in [0.1, 0.15) is 17.8 Å². The summed E-state index contributed by atoms with van der Waals surface area (Å²) in [6.45, 7) is 4.42. The number of anilines is 1. The Bertz CT molecular complexity index is 405. The third-order valence-electron chi connectivity index (χ3n) is 2.95. The second-order valence-corrected chi connectivity index (χ2v) is 4.55. The lowest BCUT2D eigenvalue weighted by atomic mass is 10.1. The molecule has 0 radical (unpaired) electrons. The largest absolute Gasteiger partial charge is 0.367 e. The van der Waals surface area contributed by atoms with Crippen LogP contribution in [0, 0.1) is 11.8 Å². The summed E-state index contributed by atoms with van der Waals surface area (Å²) in [5, 5.41) is 3.28. The van der Waals surface area contributed by atoms with Gasteiger partial charge in [-0.1, -0.05) is 13.8 Å². The SMILES string of the molecule is CC(C)[C@@H]1C[C@H]1Nc1cc(C(N)=O)ncn1. The number of carbonyl (C=O) groups is 1. The van der Waals surface area contributed by atoms with Crippen molar-refractivity contribution >= 4 is 11.7 Å². The summed E-state index contributed by atoms with van der Waals surface area (Å²) in [5.74, 6) is 1.53. The molecule has 1 aromatic heterocycles. The molecule has 0 aromatic carbocycles. The van der Waals surface area contributed by atoms with Crippen molar-refractivity contribution in [2.24, 2.45) is 17.6 Å². The number of aromatic nitrogens is 2. The zero-order valence-electron chi connectivity index (χ0n) is 9.47. The van der Waals surface area contributed by atoms with Crippen LogP contribution in [0.25, 0.3) is 0 Å². The molecule has 1 amide bonds. The smallest absolute Gasteiger partial charge is 0.267 e. The van der Waals surface area contributed by atoms with Crippen LogP contribution in [0.1, 0.15) is 30.8 Å². The summed E-state index contributed by atoms with van der Waals surface area (Å²) in [7, 11) is 0. The number of rotatable bonds is 4. The molecular weight excluding hydrogens is 204 g/mol. The Hall–Kier alpha value is -1.65. The number of nitrogens with two attached hydrogens (primary N) is 1. The first-order valence-corrected chi connectivity index (χ1v) is 5.46. The second kappa shape index (κ2) is 4.08. The molecule has 1 aliphatic carbocycles. The summed E-state index contributed by atoms with van der Waals surface area (Å²) < 4.78 is 0. The third kappa shape index (κ3) is 2.29. The van der Waals surface area contributed by atoms with Crippen molar-refractivity contribution in [1.29, 1.82) is 0 Å². The van der Waals surface area contributed by atoms with E-state index in [1.165, 1.54) is 6.33 Å². The summed E-state index contributed by atoms with van der Waals surface area (Å²) in [5.41, 5.74) is 5.40. The van der Waals surface area contributed by atoms with Gasteiger partial charge in [0.2, 0.25) is 0 Å². The Labute approximate surface area is 94.5 Å². The van der Waals surface area contributed by atoms with Crippen LogP contribution in [0.5, 0.6) is 0 Å². The number of hydrogen-bond donors (Lipinski definition) is 2. The van der Waals surface area contributed by atoms with Crippen molar-refractivity contribution in [2.75, 3.05) is 5.32 Å². The molecule has 0 bridgehead atoms. The number of nitrogens with zero attached hydrogens (tertiary/aromatic N) is 2. The molecule has 1 saturated carbocycles. The van der Waals surface area contributed by atoms with Crippen LogP contribution in [0.2, 0.25) is 0 Å². The quantitative estimate of drug-likeness (QED) is 0.794. The van der Waals surface area contributed by atoms with E-state index in [2.05, 4.69) is 29.1 Å². The molecule has 1 heterocycles. The predicted octanol–water partition coefficient (Wildman–Crippen LogP) is 1.03. The fraction of sp³-hybridized carbons (Fsp3) is 0.545. The molecule has 16 heavy (non-hydrogen) atoms. The van der Waals surface area contributed by atoms with Crippen LogP contribution in [0.4, 0.5) is 5.82 Å². The summed E-state index contributed by atoms with van der Waals surface area (Å²) >= 11 is 0. The van der Waals surface area contributed by atoms with Gasteiger partial charge in [-0.05, 0) is 18.3 Å². The van der Waals surface area contributed by atoms with Crippen molar-refractivity contribution < 1.29 is 4.79 Å². The van der Waals surface area contributed by atoms with E-state index in [0.717, 1.165) is 6.42 Å². The molecule has 1 aromatic rings. The first kappa shape index (κ1) is 10.9. The minimum Gasteiger partial charge on any atom is -0.367 e. The van der Waals surface area contributed by atoms with Gasteiger partial charge in [-0.2, -0.15) is 0 Å². The summed E-state index contributed by atoms with van der Waals surface area (Å²) in [6, 6.07) is 2.06. The van der Waals surface area contributed by atoms with Gasteiger partial charge in [-0.15, -0.1) is 0 Å². The molecule has 0 aliphatic heterocycles. The van der Waals surface area contributed by atoms with Crippen LogP contribution >= 0.6 is 0 Å². The van der Waals surface area contributed by atoms with Gasteiger partial charge in [0.15, 0.2) is 0 Å². The molecular formula is C11H16N4O. The fourth-order valence-corrected chi connectivity index (χ4v) is 1.88. The molecule has 5 heteroatoms. The monoisotopic (exact) mass is 220 g/mol. The number of primary amides is 1. The highest BCUT2D eigenvalue weighted by atomic mass is 16.1. The molecule has 0 saturated heterocycles. The highest BCUT2D eigenvalue weighted by Gasteiger charge is 2.39. The fourth-order valence-electron chi connectivity index (χ4n) is 1.88. The van der Waals surface area contributed by atoms with Gasteiger partial charge in [-0.3, -0.25) is 4.79 Å². The Kier molecular flexibility index (Phi) is 2.77. The maximum atomic E-state index is 10.9. The highest BCUT2D eigenvalue weighted by molar-refractivity contribution is 5.91. The number of amides is 1. The van der Waals surface area contributed by atoms with Crippen LogP contribution in [0.15, 0.2) is 12.4 Å². The lowest BCUT2D eigenvalue weighted by Gasteiger charge is -2.06. The number of hydrogen-bond acceptors (Lipinski definition) is 4. The van der Waals surface area contributed by atoms with Gasteiger partial charge in [0, 0.05) is 12.1 Å². The minimum atomic E-state index is -0.526. The standard InChI is InChI=1S/C11H16N4O/c1-6(2)7-3-8(7)15-10-4-9(11(12)16)13-5-14-10/h4-8H,3H2,1-2H3,(H2,12,16)(H,13,14,15)/t7-,8+/m0/s1. The van der Waals surface area contributed by atoms with Crippen molar-refractivity contribution in [3.63, 3.8) is 0 Å². The molecule has 0 spiro atoms. The minimum absolute atomic E-state index is 0.249. The maximum Gasteiger partial charge on any atom is 0.267 e. The average molecular weight is 220 g/mol. The number of nitrogens with one attached hydrogen (secondary N) is 1. The van der Waals surface area contributed by atoms with Gasteiger partial charge < -0.3 is 11.1 Å². The van der Waals surface area contributed by atoms with Gasteiger partial charge in [0.25, 0.3) is 5.91 Å². The van der Waals surface area contributed by atoms with Crippen LogP contribution in [-0.4, -0.2) is 21.9 Å². The van der Waals surface area contributed by atoms with E-state index in [4.69, 9.17) is 5.73 Å². The van der Waals surface area contributed by atoms with Crippen molar-refractivity contribution in [2.45, 2.75) is 26.3 Å². The molecule has 2 atom stereocenters. The Morgan fingerprint density at radius 2 is 2.31 bits per heavy atom. The molecule has 0 unspecified atom stereocenters. The highest BCUT2D eigenvalue weighted by Crippen LogP contribution is 2.39. The van der Waals surface area contributed by atoms with Gasteiger partial charge in [0.05, 0.1) is 0 Å². The summed E-state index contributed by atoms with van der Waals surface area (Å²) in [4.78, 5) is 18.8. The van der Waals surface area contributed by atoms with Crippen LogP contribution in [0.3, 0.4) is 0 Å². The molecule has 2 rings (SSSR count). The second-order valence-electron chi connectivity index (χ2n) is 4.55. The Morgan fingerprint density at radius 3 is 2.88 bits per heavy atom. The molecule has 1 aliphatic rings. The predicted molar refractivity (Wildman–Crippen MR) is 60.9 cm³/mol. The lowest BCUT2D eigenvalue weighted by molar-refractivity contribution is 0.0995. The van der Waals surface area contributed by atoms with Crippen molar-refractivity contribution in [3.8, 4) is 0 Å². The van der Waals surface area contributed by atoms with E-state index < -0.39 is 5.91 Å². The first-order valence-electron chi connectivity index (χ1n) is 5.46. The maximum absolute atomic E-state index is 10.9. The van der Waals surface area contributed by atoms with E-state index in [-0.39, 0.29) is 5.69 Å². The van der Waals surface area contributed by atoms with E-state index >= 15 is 0 Å². The first-order chi connectivity index (χ1) is 7.58. The molecule has 86 valence electrons. The van der Waals surface area contributed by atoms with E-state index in [1.807, 2.05) is 0 Å². The van der Waals surface area contributed by atoms with Crippen molar-refractivity contribution in [1.82, 2.24) is 9.97 Å². The third-order valence-corrected chi connectivity index (χ3v) is 2.95. The van der Waals surface area contributed by atoms with Gasteiger partial charge >= 0.3 is 0 Å². The van der Waals surface area contributed by atoms with Crippen LogP contribution < -0.4 is 11.1 Å². The van der Waals surface area contributed by atoms with E-state index in [1.54, 1.807) is 6.07 Å². The zero-order chi connectivity index (χ0) is 11.7. The molecule has 5 nitrogen and oxygen atoms in total. The van der Waals surface area contributed by atoms with Gasteiger partial charge in [-0.25, -0.2) is 9.97 Å². The van der Waals surface area contributed by atoms with Crippen LogP contribution in [-0.2, 0) is 0 Å². The molecule has 3 N–H and O–H groups in total. The number of carbonyl (C=O) groups excluding carboxylic acids is 1. The van der Waals surface area contributed by atoms with Crippen molar-refractivity contribution in [3.05, 3.63) is 18.1 Å².